The fourth-order valence-electron chi connectivity index (χ4n) is 12.3. The van der Waals surface area contributed by atoms with Crippen molar-refractivity contribution >= 4 is 39.5 Å². The molecule has 0 fully saturated rings. The molecule has 8 atom stereocenters. The predicted molar refractivity (Wildman–Crippen MR) is 409 cm³/mol. The molecule has 0 heterocycles. The molecule has 0 saturated heterocycles. The molecule has 0 radical (unpaired) electrons. The molecule has 19 heteroatoms. The monoisotopic (exact) mass is 1470 g/mol. The summed E-state index contributed by atoms with van der Waals surface area (Å²) in [6.45, 7) is 14.3. The zero-order chi connectivity index (χ0) is 73.8. The van der Waals surface area contributed by atoms with Gasteiger partial charge in [-0.05, 0) is 49.4 Å². The van der Waals surface area contributed by atoms with Crippen LogP contribution in [0.3, 0.4) is 0 Å². The lowest BCUT2D eigenvalue weighted by Crippen LogP contribution is -2.30. The van der Waals surface area contributed by atoms with Gasteiger partial charge in [-0.3, -0.25) is 37.3 Å². The third-order valence-electron chi connectivity index (χ3n) is 19.9. The number of carbonyl (C=O) groups is 4. The van der Waals surface area contributed by atoms with Crippen LogP contribution in [-0.4, -0.2) is 96.7 Å². The minimum atomic E-state index is -4.96. The minimum Gasteiger partial charge on any atom is -0.462 e. The molecule has 0 aromatic rings. The summed E-state index contributed by atoms with van der Waals surface area (Å²) in [5, 5.41) is 10.6. The molecule has 0 aromatic carbocycles. The molecule has 0 spiro atoms. The molecular formula is C81H158O17P2. The molecule has 594 valence electrons. The summed E-state index contributed by atoms with van der Waals surface area (Å²) in [5.41, 5.74) is 0. The summed E-state index contributed by atoms with van der Waals surface area (Å²) in [6.07, 6.45) is 56.7. The van der Waals surface area contributed by atoms with Crippen molar-refractivity contribution in [2.75, 3.05) is 39.6 Å². The number of aliphatic hydroxyl groups is 1. The highest BCUT2D eigenvalue weighted by Gasteiger charge is 2.30. The maximum atomic E-state index is 13.1. The van der Waals surface area contributed by atoms with E-state index in [0.29, 0.717) is 25.7 Å². The van der Waals surface area contributed by atoms with Crippen LogP contribution >= 0.6 is 15.6 Å². The van der Waals surface area contributed by atoms with Crippen molar-refractivity contribution in [2.45, 2.75) is 433 Å². The Bertz CT molecular complexity index is 1960. The highest BCUT2D eigenvalue weighted by atomic mass is 31.2. The first-order valence-electron chi connectivity index (χ1n) is 41.8. The van der Waals surface area contributed by atoms with Crippen molar-refractivity contribution in [1.82, 2.24) is 0 Å². The van der Waals surface area contributed by atoms with Crippen molar-refractivity contribution in [3.05, 3.63) is 0 Å². The Morgan fingerprint density at radius 3 is 0.710 bits per heavy atom. The number of hydrogen-bond acceptors (Lipinski definition) is 15. The molecule has 0 rings (SSSR count). The van der Waals surface area contributed by atoms with Crippen molar-refractivity contribution in [3.8, 4) is 0 Å². The summed E-state index contributed by atoms with van der Waals surface area (Å²) in [6, 6.07) is 0. The van der Waals surface area contributed by atoms with Crippen LogP contribution < -0.4 is 0 Å². The average molecular weight is 1470 g/mol. The minimum absolute atomic E-state index is 0.106. The van der Waals surface area contributed by atoms with E-state index in [1.54, 1.807) is 0 Å². The molecule has 5 unspecified atom stereocenters. The number of hydrogen-bond donors (Lipinski definition) is 3. The number of carbonyl (C=O) groups excluding carboxylic acids is 4. The van der Waals surface area contributed by atoms with E-state index in [4.69, 9.17) is 37.0 Å². The Labute approximate surface area is 613 Å². The van der Waals surface area contributed by atoms with E-state index in [-0.39, 0.29) is 25.7 Å². The second kappa shape index (κ2) is 70.1. The van der Waals surface area contributed by atoms with Gasteiger partial charge in [-0.1, -0.05) is 364 Å². The molecule has 17 nitrogen and oxygen atoms in total. The first-order chi connectivity index (χ1) is 48.2. The quantitative estimate of drug-likeness (QED) is 0.0222. The SMILES string of the molecule is CCC(C)CCCCCCCCCCCCCCCCC(=O)O[C@H](COC(=O)CCCCCCCCC(C)CC)COP(=O)(O)OC[C@H](O)COP(=O)(O)OC[C@@H](COC(=O)CCCCCCCCCCCCC(C)CC)OC(=O)CCCCCCCCCCCCCCCCCC(C)C. The van der Waals surface area contributed by atoms with Crippen LogP contribution in [0.15, 0.2) is 0 Å². The summed E-state index contributed by atoms with van der Waals surface area (Å²) >= 11 is 0. The third kappa shape index (κ3) is 70.4. The lowest BCUT2D eigenvalue weighted by molar-refractivity contribution is -0.161. The summed E-state index contributed by atoms with van der Waals surface area (Å²) in [7, 11) is -9.92. The zero-order valence-electron chi connectivity index (χ0n) is 65.8. The summed E-state index contributed by atoms with van der Waals surface area (Å²) in [4.78, 5) is 73.0. The number of phosphoric acid groups is 2. The largest absolute Gasteiger partial charge is 0.472 e. The molecule has 0 aliphatic carbocycles. The van der Waals surface area contributed by atoms with Gasteiger partial charge >= 0.3 is 39.5 Å². The summed E-state index contributed by atoms with van der Waals surface area (Å²) < 4.78 is 68.7. The second-order valence-electron chi connectivity index (χ2n) is 30.4. The highest BCUT2D eigenvalue weighted by molar-refractivity contribution is 7.47. The Kier molecular flexibility index (Phi) is 68.7. The van der Waals surface area contributed by atoms with Crippen molar-refractivity contribution in [3.63, 3.8) is 0 Å². The fourth-order valence-corrected chi connectivity index (χ4v) is 13.9. The number of phosphoric ester groups is 2. The number of rotatable bonds is 78. The third-order valence-corrected chi connectivity index (χ3v) is 21.8. The van der Waals surface area contributed by atoms with Gasteiger partial charge in [0.2, 0.25) is 0 Å². The topological polar surface area (TPSA) is 237 Å². The van der Waals surface area contributed by atoms with E-state index in [9.17, 15) is 43.2 Å². The van der Waals surface area contributed by atoms with Gasteiger partial charge in [0.05, 0.1) is 26.4 Å². The van der Waals surface area contributed by atoms with E-state index in [0.717, 1.165) is 120 Å². The first-order valence-corrected chi connectivity index (χ1v) is 44.8. The van der Waals surface area contributed by atoms with E-state index in [2.05, 4.69) is 55.4 Å². The lowest BCUT2D eigenvalue weighted by atomic mass is 9.99. The summed E-state index contributed by atoms with van der Waals surface area (Å²) in [5.74, 6) is 1.07. The molecule has 0 aromatic heterocycles. The predicted octanol–water partition coefficient (Wildman–Crippen LogP) is 24.0. The number of aliphatic hydroxyl groups excluding tert-OH is 1. The van der Waals surface area contributed by atoms with Gasteiger partial charge in [-0.2, -0.15) is 0 Å². The van der Waals surface area contributed by atoms with Crippen LogP contribution in [0.25, 0.3) is 0 Å². The van der Waals surface area contributed by atoms with Gasteiger partial charge in [0, 0.05) is 25.7 Å². The van der Waals surface area contributed by atoms with Gasteiger partial charge in [0.1, 0.15) is 19.3 Å². The zero-order valence-corrected chi connectivity index (χ0v) is 67.6. The average Bonchev–Trinajstić information content (AvgIpc) is 0.958. The number of ether oxygens (including phenoxy) is 4. The fraction of sp³-hybridized carbons (Fsp3) is 0.951. The molecule has 0 aliphatic rings. The van der Waals surface area contributed by atoms with E-state index < -0.39 is 97.5 Å². The highest BCUT2D eigenvalue weighted by Crippen LogP contribution is 2.45. The van der Waals surface area contributed by atoms with Crippen LogP contribution in [0, 0.1) is 23.7 Å². The van der Waals surface area contributed by atoms with E-state index >= 15 is 0 Å². The molecular weight excluding hydrogens is 1310 g/mol. The standard InChI is InChI=1S/C81H158O17P2/c1-9-72(6)58-50-42-34-28-22-18-15-16-20-24-32-38-48-56-64-81(86)98-77(68-92-79(84)62-54-46-40-39-44-52-60-74(8)11-3)70-96-100(89,90)94-66-75(82)65-93-99(87,88)95-69-76(67-91-78(83)61-53-45-36-30-26-25-29-35-43-51-59-73(7)10-2)97-80(85)63-55-47-37-31-23-19-14-12-13-17-21-27-33-41-49-57-71(4)5/h71-77,82H,9-70H2,1-8H3,(H,87,88)(H,89,90)/t72?,73?,74?,75-,76-,77-/m1/s1. The van der Waals surface area contributed by atoms with Gasteiger partial charge in [0.15, 0.2) is 12.2 Å². The lowest BCUT2D eigenvalue weighted by Gasteiger charge is -2.21. The Balaban J connectivity index is 5.25. The van der Waals surface area contributed by atoms with Crippen LogP contribution in [0.2, 0.25) is 0 Å². The van der Waals surface area contributed by atoms with E-state index in [1.165, 1.54) is 212 Å². The van der Waals surface area contributed by atoms with E-state index in [1.807, 2.05) is 0 Å². The number of esters is 4. The van der Waals surface area contributed by atoms with Gasteiger partial charge < -0.3 is 33.8 Å². The molecule has 0 bridgehead atoms. The van der Waals surface area contributed by atoms with Crippen molar-refractivity contribution in [1.29, 1.82) is 0 Å². The maximum absolute atomic E-state index is 13.1. The van der Waals surface area contributed by atoms with Crippen molar-refractivity contribution in [2.24, 2.45) is 23.7 Å². The van der Waals surface area contributed by atoms with Crippen LogP contribution in [0.5, 0.6) is 0 Å². The smallest absolute Gasteiger partial charge is 0.462 e. The van der Waals surface area contributed by atoms with Gasteiger partial charge in [-0.15, -0.1) is 0 Å². The van der Waals surface area contributed by atoms with Crippen molar-refractivity contribution < 1.29 is 80.2 Å². The number of unbranched alkanes of at least 4 members (excludes halogenated alkanes) is 41. The molecule has 100 heavy (non-hydrogen) atoms. The first kappa shape index (κ1) is 98.1. The molecule has 0 amide bonds. The Hall–Kier alpha value is -1.94. The molecule has 0 aliphatic heterocycles. The second-order valence-corrected chi connectivity index (χ2v) is 33.3. The maximum Gasteiger partial charge on any atom is 0.472 e. The van der Waals surface area contributed by atoms with Gasteiger partial charge in [-0.25, -0.2) is 9.13 Å². The molecule has 3 N–H and O–H groups in total. The Morgan fingerprint density at radius 1 is 0.280 bits per heavy atom. The van der Waals surface area contributed by atoms with Crippen LogP contribution in [0.1, 0.15) is 415 Å². The van der Waals surface area contributed by atoms with Gasteiger partial charge in [0.25, 0.3) is 0 Å². The molecule has 0 saturated carbocycles. The van der Waals surface area contributed by atoms with Crippen LogP contribution in [0.4, 0.5) is 0 Å². The Morgan fingerprint density at radius 2 is 0.480 bits per heavy atom. The normalized spacial score (nSPS) is 14.8. The van der Waals surface area contributed by atoms with Crippen LogP contribution in [-0.2, 0) is 65.4 Å².